The Morgan fingerprint density at radius 3 is 2.34 bits per heavy atom. The molecule has 2 amide bonds. The lowest BCUT2D eigenvalue weighted by atomic mass is 10.2. The molecule has 2 N–H and O–H groups in total. The average molecular weight is 395 g/mol. The lowest BCUT2D eigenvalue weighted by Crippen LogP contribution is -2.34. The molecule has 0 saturated heterocycles. The van der Waals surface area contributed by atoms with E-state index in [2.05, 4.69) is 22.4 Å². The van der Waals surface area contributed by atoms with Crippen LogP contribution < -0.4 is 20.2 Å². The maximum atomic E-state index is 12.1. The van der Waals surface area contributed by atoms with Gasteiger partial charge in [-0.05, 0) is 60.5 Å². The smallest absolute Gasteiger partial charge is 0.259 e. The van der Waals surface area contributed by atoms with E-state index >= 15 is 0 Å². The highest BCUT2D eigenvalue weighted by molar-refractivity contribution is 5.96. The Balaban J connectivity index is 1.74. The topological polar surface area (TPSA) is 89.0 Å². The van der Waals surface area contributed by atoms with E-state index in [1.54, 1.807) is 42.5 Å². The highest BCUT2D eigenvalue weighted by Gasteiger charge is 2.07. The first-order valence-corrected chi connectivity index (χ1v) is 9.29. The van der Waals surface area contributed by atoms with Crippen molar-refractivity contribution >= 4 is 18.0 Å². The summed E-state index contributed by atoms with van der Waals surface area (Å²) in [5.41, 5.74) is 3.62. The van der Waals surface area contributed by atoms with Crippen molar-refractivity contribution in [2.75, 3.05) is 19.8 Å². The van der Waals surface area contributed by atoms with Crippen LogP contribution in [0.1, 0.15) is 29.3 Å². The summed E-state index contributed by atoms with van der Waals surface area (Å²) in [6.07, 6.45) is 4.09. The van der Waals surface area contributed by atoms with Gasteiger partial charge in [-0.3, -0.25) is 9.59 Å². The van der Waals surface area contributed by atoms with Crippen LogP contribution in [0.5, 0.6) is 11.5 Å². The van der Waals surface area contributed by atoms with E-state index in [0.717, 1.165) is 17.7 Å². The molecule has 0 aliphatic rings. The lowest BCUT2D eigenvalue weighted by Gasteiger charge is -2.07. The number of hydrogen-bond donors (Lipinski definition) is 2. The zero-order valence-electron chi connectivity index (χ0n) is 16.4. The average Bonchev–Trinajstić information content (AvgIpc) is 2.76. The van der Waals surface area contributed by atoms with Crippen LogP contribution in [0.25, 0.3) is 0 Å². The fourth-order valence-electron chi connectivity index (χ4n) is 2.21. The SMILES string of the molecule is C=CCOc1ccc(/C=N\NC(=O)CNC(=O)c2ccc(OCCC)cc2)cc1. The third-order valence-corrected chi connectivity index (χ3v) is 3.65. The molecule has 7 heteroatoms. The molecule has 0 fully saturated rings. The van der Waals surface area contributed by atoms with Crippen LogP contribution in [-0.4, -0.2) is 37.8 Å². The molecule has 0 heterocycles. The Kier molecular flexibility index (Phi) is 8.95. The van der Waals surface area contributed by atoms with Gasteiger partial charge >= 0.3 is 0 Å². The van der Waals surface area contributed by atoms with Crippen LogP contribution in [0.15, 0.2) is 66.3 Å². The first-order chi connectivity index (χ1) is 14.1. The van der Waals surface area contributed by atoms with Crippen molar-refractivity contribution in [2.24, 2.45) is 5.10 Å². The van der Waals surface area contributed by atoms with E-state index in [9.17, 15) is 9.59 Å². The minimum atomic E-state index is -0.427. The molecule has 0 saturated carbocycles. The summed E-state index contributed by atoms with van der Waals surface area (Å²) in [5.74, 6) is 0.652. The van der Waals surface area contributed by atoms with E-state index < -0.39 is 5.91 Å². The number of rotatable bonds is 11. The predicted molar refractivity (Wildman–Crippen MR) is 112 cm³/mol. The summed E-state index contributed by atoms with van der Waals surface area (Å²) in [6, 6.07) is 14.0. The van der Waals surface area contributed by atoms with Crippen LogP contribution in [0, 0.1) is 0 Å². The molecule has 0 radical (unpaired) electrons. The quantitative estimate of drug-likeness (QED) is 0.348. The highest BCUT2D eigenvalue weighted by atomic mass is 16.5. The van der Waals surface area contributed by atoms with Crippen LogP contribution in [0.4, 0.5) is 0 Å². The Morgan fingerprint density at radius 2 is 1.69 bits per heavy atom. The standard InChI is InChI=1S/C22H25N3O4/c1-3-13-28-19-9-5-17(6-10-19)15-24-25-21(26)16-23-22(27)18-7-11-20(12-8-18)29-14-4-2/h3,5-12,15H,1,4,13-14,16H2,2H3,(H,23,27)(H,25,26)/b24-15-. The Bertz CT molecular complexity index is 830. The molecule has 29 heavy (non-hydrogen) atoms. The maximum absolute atomic E-state index is 12.1. The third-order valence-electron chi connectivity index (χ3n) is 3.65. The number of hydrogen-bond acceptors (Lipinski definition) is 5. The van der Waals surface area contributed by atoms with E-state index in [-0.39, 0.29) is 12.5 Å². The van der Waals surface area contributed by atoms with Crippen molar-refractivity contribution in [3.05, 3.63) is 72.3 Å². The number of benzene rings is 2. The van der Waals surface area contributed by atoms with E-state index in [4.69, 9.17) is 9.47 Å². The number of amides is 2. The maximum Gasteiger partial charge on any atom is 0.259 e. The normalized spacial score (nSPS) is 10.4. The fourth-order valence-corrected chi connectivity index (χ4v) is 2.21. The summed E-state index contributed by atoms with van der Waals surface area (Å²) in [5, 5.41) is 6.42. The van der Waals surface area contributed by atoms with Gasteiger partial charge in [-0.1, -0.05) is 19.6 Å². The van der Waals surface area contributed by atoms with Crippen molar-refractivity contribution in [1.29, 1.82) is 0 Å². The van der Waals surface area contributed by atoms with Crippen molar-refractivity contribution < 1.29 is 19.1 Å². The predicted octanol–water partition coefficient (Wildman–Crippen LogP) is 2.92. The van der Waals surface area contributed by atoms with Gasteiger partial charge in [0.15, 0.2) is 0 Å². The van der Waals surface area contributed by atoms with Gasteiger partial charge in [0.05, 0.1) is 19.4 Å². The summed E-state index contributed by atoms with van der Waals surface area (Å²) >= 11 is 0. The second-order valence-corrected chi connectivity index (χ2v) is 6.02. The molecule has 0 spiro atoms. The van der Waals surface area contributed by atoms with Crippen LogP contribution in [-0.2, 0) is 4.79 Å². The molecule has 152 valence electrons. The third kappa shape index (κ3) is 7.88. The minimum Gasteiger partial charge on any atom is -0.494 e. The first-order valence-electron chi connectivity index (χ1n) is 9.29. The van der Waals surface area contributed by atoms with Gasteiger partial charge in [-0.15, -0.1) is 0 Å². The van der Waals surface area contributed by atoms with Crippen molar-refractivity contribution in [1.82, 2.24) is 10.7 Å². The Morgan fingerprint density at radius 1 is 1.03 bits per heavy atom. The molecule has 0 aliphatic carbocycles. The zero-order valence-corrected chi connectivity index (χ0v) is 16.4. The van der Waals surface area contributed by atoms with Gasteiger partial charge in [0, 0.05) is 5.56 Å². The molecule has 0 atom stereocenters. The van der Waals surface area contributed by atoms with Gasteiger partial charge in [0.1, 0.15) is 18.1 Å². The van der Waals surface area contributed by atoms with Gasteiger partial charge in [0.25, 0.3) is 11.8 Å². The number of hydrazone groups is 1. The summed E-state index contributed by atoms with van der Waals surface area (Å²) in [4.78, 5) is 23.9. The molecule has 2 aromatic rings. The summed E-state index contributed by atoms with van der Waals surface area (Å²) < 4.78 is 10.9. The van der Waals surface area contributed by atoms with Crippen molar-refractivity contribution in [3.8, 4) is 11.5 Å². The van der Waals surface area contributed by atoms with Crippen molar-refractivity contribution in [3.63, 3.8) is 0 Å². The minimum absolute atomic E-state index is 0.182. The van der Waals surface area contributed by atoms with Crippen molar-refractivity contribution in [2.45, 2.75) is 13.3 Å². The molecule has 7 nitrogen and oxygen atoms in total. The van der Waals surface area contributed by atoms with E-state index in [1.165, 1.54) is 6.21 Å². The Labute approximate surface area is 170 Å². The number of nitrogens with one attached hydrogen (secondary N) is 2. The number of nitrogens with zero attached hydrogens (tertiary/aromatic N) is 1. The first kappa shape index (κ1) is 21.7. The molecule has 0 aliphatic heterocycles. The van der Waals surface area contributed by atoms with E-state index in [1.807, 2.05) is 19.1 Å². The monoisotopic (exact) mass is 395 g/mol. The van der Waals surface area contributed by atoms with Crippen LogP contribution >= 0.6 is 0 Å². The lowest BCUT2D eigenvalue weighted by molar-refractivity contribution is -0.120. The summed E-state index contributed by atoms with van der Waals surface area (Å²) in [6.45, 7) is 6.49. The molecule has 0 bridgehead atoms. The fraction of sp³-hybridized carbons (Fsp3) is 0.227. The zero-order chi connectivity index (χ0) is 20.9. The van der Waals surface area contributed by atoms with Gasteiger partial charge in [-0.2, -0.15) is 5.10 Å². The van der Waals surface area contributed by atoms with Gasteiger partial charge in [0.2, 0.25) is 0 Å². The second kappa shape index (κ2) is 12.0. The largest absolute Gasteiger partial charge is 0.494 e. The molecular weight excluding hydrogens is 370 g/mol. The Hall–Kier alpha value is -3.61. The number of carbonyl (C=O) groups is 2. The number of carbonyl (C=O) groups excluding carboxylic acids is 2. The van der Waals surface area contributed by atoms with Gasteiger partial charge < -0.3 is 14.8 Å². The molecule has 2 rings (SSSR count). The second-order valence-electron chi connectivity index (χ2n) is 6.02. The molecule has 0 unspecified atom stereocenters. The van der Waals surface area contributed by atoms with Crippen LogP contribution in [0.3, 0.4) is 0 Å². The highest BCUT2D eigenvalue weighted by Crippen LogP contribution is 2.12. The summed E-state index contributed by atoms with van der Waals surface area (Å²) in [7, 11) is 0. The molecule has 0 aromatic heterocycles. The van der Waals surface area contributed by atoms with E-state index in [0.29, 0.717) is 24.5 Å². The van der Waals surface area contributed by atoms with Crippen LogP contribution in [0.2, 0.25) is 0 Å². The van der Waals surface area contributed by atoms with Gasteiger partial charge in [-0.25, -0.2) is 5.43 Å². The number of ether oxygens (including phenoxy) is 2. The molecule has 2 aromatic carbocycles. The molecular formula is C22H25N3O4.